The van der Waals surface area contributed by atoms with Crippen LogP contribution in [0.4, 0.5) is 5.13 Å². The molecule has 1 aliphatic heterocycles. The number of hydrogen-bond donors (Lipinski definition) is 2. The van der Waals surface area contributed by atoms with Gasteiger partial charge in [-0.1, -0.05) is 0 Å². The molecule has 1 aromatic rings. The SMILES string of the molecule is Cc1csc(NC(=O)C2CCNCC2)n1.Cl. The van der Waals surface area contributed by atoms with E-state index in [0.717, 1.165) is 36.8 Å². The van der Waals surface area contributed by atoms with Crippen LogP contribution < -0.4 is 10.6 Å². The van der Waals surface area contributed by atoms with Gasteiger partial charge in [-0.25, -0.2) is 4.98 Å². The van der Waals surface area contributed by atoms with Gasteiger partial charge in [0.15, 0.2) is 5.13 Å². The highest BCUT2D eigenvalue weighted by Gasteiger charge is 2.21. The van der Waals surface area contributed by atoms with Crippen molar-refractivity contribution in [1.82, 2.24) is 10.3 Å². The first-order valence-corrected chi connectivity index (χ1v) is 6.07. The van der Waals surface area contributed by atoms with Gasteiger partial charge in [0, 0.05) is 11.3 Å². The van der Waals surface area contributed by atoms with E-state index in [-0.39, 0.29) is 24.2 Å². The number of halogens is 1. The average Bonchev–Trinajstić information content (AvgIpc) is 2.65. The van der Waals surface area contributed by atoms with E-state index in [9.17, 15) is 4.79 Å². The summed E-state index contributed by atoms with van der Waals surface area (Å²) in [7, 11) is 0. The van der Waals surface area contributed by atoms with Crippen LogP contribution in [0.3, 0.4) is 0 Å². The molecule has 1 fully saturated rings. The number of aromatic nitrogens is 1. The molecule has 1 amide bonds. The predicted octanol–water partition coefficient (Wildman–Crippen LogP) is 1.81. The van der Waals surface area contributed by atoms with E-state index < -0.39 is 0 Å². The van der Waals surface area contributed by atoms with E-state index in [4.69, 9.17) is 0 Å². The van der Waals surface area contributed by atoms with Crippen LogP contribution in [0.2, 0.25) is 0 Å². The van der Waals surface area contributed by atoms with Gasteiger partial charge in [-0.2, -0.15) is 0 Å². The molecule has 1 saturated heterocycles. The Hall–Kier alpha value is -0.650. The van der Waals surface area contributed by atoms with Crippen LogP contribution in [0.1, 0.15) is 18.5 Å². The standard InChI is InChI=1S/C10H15N3OS.ClH/c1-7-6-15-10(12-7)13-9(14)8-2-4-11-5-3-8;/h6,8,11H,2-5H2,1H3,(H,12,13,14);1H. The van der Waals surface area contributed by atoms with Crippen molar-refractivity contribution in [3.63, 3.8) is 0 Å². The van der Waals surface area contributed by atoms with Gasteiger partial charge in [0.2, 0.25) is 5.91 Å². The zero-order valence-corrected chi connectivity index (χ0v) is 10.8. The maximum atomic E-state index is 11.8. The Labute approximate surface area is 105 Å². The lowest BCUT2D eigenvalue weighted by molar-refractivity contribution is -0.120. The van der Waals surface area contributed by atoms with Crippen molar-refractivity contribution in [1.29, 1.82) is 0 Å². The van der Waals surface area contributed by atoms with E-state index in [1.807, 2.05) is 12.3 Å². The van der Waals surface area contributed by atoms with E-state index >= 15 is 0 Å². The number of nitrogens with one attached hydrogen (secondary N) is 2. The van der Waals surface area contributed by atoms with Gasteiger partial charge in [0.05, 0.1) is 5.69 Å². The first kappa shape index (κ1) is 13.4. The molecule has 90 valence electrons. The summed E-state index contributed by atoms with van der Waals surface area (Å²) in [4.78, 5) is 16.0. The molecule has 0 aromatic carbocycles. The molecule has 0 spiro atoms. The molecule has 0 bridgehead atoms. The van der Waals surface area contributed by atoms with Gasteiger partial charge in [-0.3, -0.25) is 4.79 Å². The number of aryl methyl sites for hydroxylation is 1. The number of rotatable bonds is 2. The Morgan fingerprint density at radius 3 is 2.81 bits per heavy atom. The molecule has 6 heteroatoms. The van der Waals surface area contributed by atoms with Gasteiger partial charge in [0.1, 0.15) is 0 Å². The summed E-state index contributed by atoms with van der Waals surface area (Å²) >= 11 is 1.48. The normalized spacial score (nSPS) is 16.6. The highest BCUT2D eigenvalue weighted by atomic mass is 35.5. The second kappa shape index (κ2) is 6.18. The third-order valence-electron chi connectivity index (χ3n) is 2.56. The fourth-order valence-corrected chi connectivity index (χ4v) is 2.39. The van der Waals surface area contributed by atoms with E-state index in [1.54, 1.807) is 0 Å². The van der Waals surface area contributed by atoms with Crippen molar-refractivity contribution < 1.29 is 4.79 Å². The lowest BCUT2D eigenvalue weighted by Gasteiger charge is -2.20. The van der Waals surface area contributed by atoms with Gasteiger partial charge in [-0.15, -0.1) is 23.7 Å². The van der Waals surface area contributed by atoms with E-state index in [2.05, 4.69) is 15.6 Å². The molecule has 0 atom stereocenters. The quantitative estimate of drug-likeness (QED) is 0.854. The molecule has 16 heavy (non-hydrogen) atoms. The molecule has 2 rings (SSSR count). The first-order valence-electron chi connectivity index (χ1n) is 5.19. The summed E-state index contributed by atoms with van der Waals surface area (Å²) in [5, 5.41) is 8.78. The lowest BCUT2D eigenvalue weighted by atomic mass is 9.97. The molecule has 4 nitrogen and oxygen atoms in total. The maximum Gasteiger partial charge on any atom is 0.229 e. The number of anilines is 1. The molecule has 2 N–H and O–H groups in total. The zero-order valence-electron chi connectivity index (χ0n) is 9.16. The Morgan fingerprint density at radius 2 is 2.25 bits per heavy atom. The minimum atomic E-state index is 0. The lowest BCUT2D eigenvalue weighted by Crippen LogP contribution is -2.34. The van der Waals surface area contributed by atoms with Gasteiger partial charge >= 0.3 is 0 Å². The Morgan fingerprint density at radius 1 is 1.56 bits per heavy atom. The van der Waals surface area contributed by atoms with Crippen molar-refractivity contribution in [3.8, 4) is 0 Å². The minimum Gasteiger partial charge on any atom is -0.317 e. The number of amides is 1. The summed E-state index contributed by atoms with van der Waals surface area (Å²) in [6, 6.07) is 0. The molecule has 0 unspecified atom stereocenters. The zero-order chi connectivity index (χ0) is 10.7. The monoisotopic (exact) mass is 261 g/mol. The first-order chi connectivity index (χ1) is 7.25. The van der Waals surface area contributed by atoms with Gasteiger partial charge in [-0.05, 0) is 32.9 Å². The van der Waals surface area contributed by atoms with Gasteiger partial charge in [0.25, 0.3) is 0 Å². The van der Waals surface area contributed by atoms with Crippen LogP contribution in [-0.4, -0.2) is 24.0 Å². The molecular formula is C10H16ClN3OS. The highest BCUT2D eigenvalue weighted by molar-refractivity contribution is 7.13. The molecule has 1 aliphatic rings. The fraction of sp³-hybridized carbons (Fsp3) is 0.600. The third kappa shape index (κ3) is 3.43. The van der Waals surface area contributed by atoms with Crippen molar-refractivity contribution in [2.24, 2.45) is 5.92 Å². The van der Waals surface area contributed by atoms with E-state index in [1.165, 1.54) is 11.3 Å². The molecule has 1 aromatic heterocycles. The largest absolute Gasteiger partial charge is 0.317 e. The van der Waals surface area contributed by atoms with Crippen LogP contribution in [-0.2, 0) is 4.79 Å². The van der Waals surface area contributed by atoms with Crippen molar-refractivity contribution >= 4 is 34.8 Å². The van der Waals surface area contributed by atoms with Crippen LogP contribution in [0, 0.1) is 12.8 Å². The molecule has 2 heterocycles. The molecule has 0 saturated carbocycles. The van der Waals surface area contributed by atoms with Crippen LogP contribution in [0.25, 0.3) is 0 Å². The second-order valence-electron chi connectivity index (χ2n) is 3.81. The topological polar surface area (TPSA) is 54.0 Å². The summed E-state index contributed by atoms with van der Waals surface area (Å²) in [5.41, 5.74) is 0.959. The third-order valence-corrected chi connectivity index (χ3v) is 3.43. The minimum absolute atomic E-state index is 0. The number of thiazole rings is 1. The maximum absolute atomic E-state index is 11.8. The molecule has 0 aliphatic carbocycles. The molecule has 0 radical (unpaired) electrons. The van der Waals surface area contributed by atoms with Crippen LogP contribution in [0.5, 0.6) is 0 Å². The number of nitrogens with zero attached hydrogens (tertiary/aromatic N) is 1. The molecular weight excluding hydrogens is 246 g/mol. The Balaban J connectivity index is 0.00000128. The van der Waals surface area contributed by atoms with Gasteiger partial charge < -0.3 is 10.6 Å². The predicted molar refractivity (Wildman–Crippen MR) is 68.3 cm³/mol. The van der Waals surface area contributed by atoms with Crippen molar-refractivity contribution in [2.45, 2.75) is 19.8 Å². The van der Waals surface area contributed by atoms with E-state index in [0.29, 0.717) is 0 Å². The van der Waals surface area contributed by atoms with Crippen LogP contribution in [0.15, 0.2) is 5.38 Å². The summed E-state index contributed by atoms with van der Waals surface area (Å²) < 4.78 is 0. The summed E-state index contributed by atoms with van der Waals surface area (Å²) in [6.45, 7) is 3.81. The second-order valence-corrected chi connectivity index (χ2v) is 4.67. The van der Waals surface area contributed by atoms with Crippen molar-refractivity contribution in [3.05, 3.63) is 11.1 Å². The van der Waals surface area contributed by atoms with Crippen molar-refractivity contribution in [2.75, 3.05) is 18.4 Å². The fourth-order valence-electron chi connectivity index (χ4n) is 1.70. The number of carbonyl (C=O) groups is 1. The average molecular weight is 262 g/mol. The van der Waals surface area contributed by atoms with Crippen LogP contribution >= 0.6 is 23.7 Å². The smallest absolute Gasteiger partial charge is 0.229 e. The number of piperidine rings is 1. The summed E-state index contributed by atoms with van der Waals surface area (Å²) in [5.74, 6) is 0.265. The number of hydrogen-bond acceptors (Lipinski definition) is 4. The Kier molecular flexibility index (Phi) is 5.18. The highest BCUT2D eigenvalue weighted by Crippen LogP contribution is 2.18. The number of carbonyl (C=O) groups excluding carboxylic acids is 1. The Bertz CT molecular complexity index is 350. The summed E-state index contributed by atoms with van der Waals surface area (Å²) in [6.07, 6.45) is 1.85.